The van der Waals surface area contributed by atoms with Crippen LogP contribution in [0.2, 0.25) is 0 Å². The largest absolute Gasteiger partial charge is 0.391 e. The van der Waals surface area contributed by atoms with Crippen LogP contribution >= 0.6 is 0 Å². The highest BCUT2D eigenvalue weighted by Crippen LogP contribution is 2.24. The third-order valence-electron chi connectivity index (χ3n) is 4.37. The van der Waals surface area contributed by atoms with Gasteiger partial charge in [0.15, 0.2) is 0 Å². The van der Waals surface area contributed by atoms with Crippen LogP contribution in [0.25, 0.3) is 0 Å². The van der Waals surface area contributed by atoms with Crippen LogP contribution in [0.15, 0.2) is 30.9 Å². The topological polar surface area (TPSA) is 98.7 Å². The number of aliphatic hydroxyl groups excluding tert-OH is 1. The first-order chi connectivity index (χ1) is 11.5. The van der Waals surface area contributed by atoms with Crippen molar-refractivity contribution >= 4 is 17.7 Å². The molecule has 7 nitrogen and oxygen atoms in total. The average Bonchev–Trinajstić information content (AvgIpc) is 3.09. The van der Waals surface area contributed by atoms with Crippen LogP contribution in [0.3, 0.4) is 0 Å². The number of hydrogen-bond acceptors (Lipinski definition) is 5. The second-order valence-corrected chi connectivity index (χ2v) is 5.97. The molecule has 3 N–H and O–H groups in total. The van der Waals surface area contributed by atoms with E-state index in [1.54, 1.807) is 0 Å². The van der Waals surface area contributed by atoms with Crippen molar-refractivity contribution < 1.29 is 19.5 Å². The van der Waals surface area contributed by atoms with E-state index in [-0.39, 0.29) is 29.8 Å². The standard InChI is InChI=1S/C17H19N3O4/c1-2-5-20-16(23)12-4-3-10(6-13(12)17(20)24)15(22)19-8-11-7-18-9-14(11)21/h2-4,6,11,14,18,21H,1,5,7-9H2,(H,19,22). The normalized spacial score (nSPS) is 22.6. The van der Waals surface area contributed by atoms with E-state index in [1.807, 2.05) is 0 Å². The van der Waals surface area contributed by atoms with Gasteiger partial charge in [-0.1, -0.05) is 6.08 Å². The summed E-state index contributed by atoms with van der Waals surface area (Å²) in [5.41, 5.74) is 0.849. The third kappa shape index (κ3) is 2.83. The number of nitrogens with zero attached hydrogens (tertiary/aromatic N) is 1. The molecule has 2 aliphatic rings. The molecule has 0 spiro atoms. The Kier molecular flexibility index (Phi) is 4.46. The minimum absolute atomic E-state index is 0.0327. The first kappa shape index (κ1) is 16.4. The van der Waals surface area contributed by atoms with Gasteiger partial charge in [0.05, 0.1) is 17.2 Å². The van der Waals surface area contributed by atoms with Crippen LogP contribution in [0.4, 0.5) is 0 Å². The summed E-state index contributed by atoms with van der Waals surface area (Å²) in [6.45, 7) is 5.19. The van der Waals surface area contributed by atoms with Crippen molar-refractivity contribution in [2.45, 2.75) is 6.10 Å². The number of amides is 3. The van der Waals surface area contributed by atoms with Crippen molar-refractivity contribution in [1.82, 2.24) is 15.5 Å². The molecule has 126 valence electrons. The summed E-state index contributed by atoms with van der Waals surface area (Å²) in [6.07, 6.45) is 1.01. The fourth-order valence-corrected chi connectivity index (χ4v) is 2.98. The molecule has 1 fully saturated rings. The maximum absolute atomic E-state index is 12.3. The predicted octanol–water partition coefficient (Wildman–Crippen LogP) is -0.221. The lowest BCUT2D eigenvalue weighted by Crippen LogP contribution is -2.34. The third-order valence-corrected chi connectivity index (χ3v) is 4.37. The van der Waals surface area contributed by atoms with Crippen molar-refractivity contribution in [3.63, 3.8) is 0 Å². The van der Waals surface area contributed by atoms with Gasteiger partial charge in [-0.3, -0.25) is 19.3 Å². The number of fused-ring (bicyclic) bond motifs is 1. The lowest BCUT2D eigenvalue weighted by Gasteiger charge is -2.14. The van der Waals surface area contributed by atoms with E-state index in [2.05, 4.69) is 17.2 Å². The zero-order valence-electron chi connectivity index (χ0n) is 13.1. The molecule has 3 rings (SSSR count). The molecular weight excluding hydrogens is 310 g/mol. The molecule has 1 aromatic rings. The minimum Gasteiger partial charge on any atom is -0.391 e. The van der Waals surface area contributed by atoms with Gasteiger partial charge in [0.25, 0.3) is 17.7 Å². The minimum atomic E-state index is -0.475. The van der Waals surface area contributed by atoms with Gasteiger partial charge in [0.2, 0.25) is 0 Å². The fraction of sp³-hybridized carbons (Fsp3) is 0.353. The Morgan fingerprint density at radius 3 is 2.75 bits per heavy atom. The van der Waals surface area contributed by atoms with Crippen LogP contribution < -0.4 is 10.6 Å². The number of rotatable bonds is 5. The molecule has 3 amide bonds. The van der Waals surface area contributed by atoms with Crippen LogP contribution in [-0.4, -0.2) is 60.0 Å². The SMILES string of the molecule is C=CCN1C(=O)c2ccc(C(=O)NCC3CNCC3O)cc2C1=O. The van der Waals surface area contributed by atoms with Gasteiger partial charge in [-0.25, -0.2) is 0 Å². The van der Waals surface area contributed by atoms with Crippen molar-refractivity contribution in [2.24, 2.45) is 5.92 Å². The highest BCUT2D eigenvalue weighted by atomic mass is 16.3. The summed E-state index contributed by atoms with van der Waals surface area (Å²) in [5, 5.41) is 15.5. The van der Waals surface area contributed by atoms with Crippen molar-refractivity contribution in [3.8, 4) is 0 Å². The van der Waals surface area contributed by atoms with Crippen LogP contribution in [0, 0.1) is 5.92 Å². The Balaban J connectivity index is 1.72. The van der Waals surface area contributed by atoms with Crippen molar-refractivity contribution in [3.05, 3.63) is 47.5 Å². The summed E-state index contributed by atoms with van der Waals surface area (Å²) in [6, 6.07) is 4.47. The lowest BCUT2D eigenvalue weighted by atomic mass is 10.0. The molecule has 24 heavy (non-hydrogen) atoms. The number of β-amino-alcohol motifs (C(OH)–C–C–N with tert-alkyl or cyclic N) is 1. The first-order valence-electron chi connectivity index (χ1n) is 7.81. The molecular formula is C17H19N3O4. The lowest BCUT2D eigenvalue weighted by molar-refractivity contribution is 0.0671. The molecule has 0 saturated carbocycles. The van der Waals surface area contributed by atoms with Gasteiger partial charge in [-0.05, 0) is 18.2 Å². The molecule has 0 radical (unpaired) electrons. The molecule has 2 unspecified atom stereocenters. The number of carbonyl (C=O) groups excluding carboxylic acids is 3. The Morgan fingerprint density at radius 2 is 2.08 bits per heavy atom. The molecule has 0 aliphatic carbocycles. The van der Waals surface area contributed by atoms with Crippen LogP contribution in [0.1, 0.15) is 31.1 Å². The van der Waals surface area contributed by atoms with E-state index >= 15 is 0 Å². The van der Waals surface area contributed by atoms with Crippen molar-refractivity contribution in [1.29, 1.82) is 0 Å². The number of carbonyl (C=O) groups is 3. The molecule has 0 aromatic heterocycles. The zero-order valence-corrected chi connectivity index (χ0v) is 13.1. The van der Waals surface area contributed by atoms with E-state index in [0.29, 0.717) is 30.8 Å². The van der Waals surface area contributed by atoms with Gasteiger partial charge in [-0.15, -0.1) is 6.58 Å². The number of imide groups is 1. The zero-order chi connectivity index (χ0) is 17.3. The summed E-state index contributed by atoms with van der Waals surface area (Å²) in [7, 11) is 0. The second-order valence-electron chi connectivity index (χ2n) is 5.97. The number of nitrogens with one attached hydrogen (secondary N) is 2. The van der Waals surface area contributed by atoms with Gasteiger partial charge in [-0.2, -0.15) is 0 Å². The van der Waals surface area contributed by atoms with Gasteiger partial charge in [0, 0.05) is 37.7 Å². The highest BCUT2D eigenvalue weighted by Gasteiger charge is 2.35. The molecule has 0 bridgehead atoms. The Labute approximate surface area is 139 Å². The first-order valence-corrected chi connectivity index (χ1v) is 7.81. The van der Waals surface area contributed by atoms with E-state index < -0.39 is 12.0 Å². The van der Waals surface area contributed by atoms with E-state index in [4.69, 9.17) is 0 Å². The number of hydrogen-bond donors (Lipinski definition) is 3. The summed E-state index contributed by atoms with van der Waals surface area (Å²) < 4.78 is 0. The van der Waals surface area contributed by atoms with E-state index in [1.165, 1.54) is 24.3 Å². The smallest absolute Gasteiger partial charge is 0.261 e. The Morgan fingerprint density at radius 1 is 1.33 bits per heavy atom. The predicted molar refractivity (Wildman–Crippen MR) is 86.7 cm³/mol. The molecule has 7 heteroatoms. The molecule has 2 atom stereocenters. The molecule has 1 saturated heterocycles. The summed E-state index contributed by atoms with van der Waals surface area (Å²) in [5.74, 6) is -1.16. The number of aliphatic hydroxyl groups is 1. The van der Waals surface area contributed by atoms with Crippen molar-refractivity contribution in [2.75, 3.05) is 26.2 Å². The van der Waals surface area contributed by atoms with E-state index in [0.717, 1.165) is 4.90 Å². The second kappa shape index (κ2) is 6.54. The van der Waals surface area contributed by atoms with Gasteiger partial charge >= 0.3 is 0 Å². The van der Waals surface area contributed by atoms with E-state index in [9.17, 15) is 19.5 Å². The summed E-state index contributed by atoms with van der Waals surface area (Å²) in [4.78, 5) is 37.8. The molecule has 1 aromatic carbocycles. The highest BCUT2D eigenvalue weighted by molar-refractivity contribution is 6.22. The summed E-state index contributed by atoms with van der Waals surface area (Å²) >= 11 is 0. The monoisotopic (exact) mass is 329 g/mol. The van der Waals surface area contributed by atoms with Gasteiger partial charge in [0.1, 0.15) is 0 Å². The Bertz CT molecular complexity index is 716. The molecule has 2 aliphatic heterocycles. The van der Waals surface area contributed by atoms with Crippen LogP contribution in [-0.2, 0) is 0 Å². The maximum Gasteiger partial charge on any atom is 0.261 e. The number of benzene rings is 1. The fourth-order valence-electron chi connectivity index (χ4n) is 2.98. The van der Waals surface area contributed by atoms with Crippen LogP contribution in [0.5, 0.6) is 0 Å². The van der Waals surface area contributed by atoms with Gasteiger partial charge < -0.3 is 15.7 Å². The maximum atomic E-state index is 12.3. The average molecular weight is 329 g/mol. The Hall–Kier alpha value is -2.51. The molecule has 2 heterocycles. The quantitative estimate of drug-likeness (QED) is 0.512.